The van der Waals surface area contributed by atoms with Crippen molar-refractivity contribution < 1.29 is 9.53 Å². The van der Waals surface area contributed by atoms with Crippen LogP contribution in [0, 0.1) is 0 Å². The summed E-state index contributed by atoms with van der Waals surface area (Å²) < 4.78 is 5.57. The molecule has 1 aliphatic heterocycles. The summed E-state index contributed by atoms with van der Waals surface area (Å²) in [7, 11) is 0. The van der Waals surface area contributed by atoms with E-state index in [9.17, 15) is 4.79 Å². The van der Waals surface area contributed by atoms with Gasteiger partial charge in [0.2, 0.25) is 0 Å². The highest BCUT2D eigenvalue weighted by Gasteiger charge is 2.32. The van der Waals surface area contributed by atoms with Gasteiger partial charge in [0.05, 0.1) is 17.1 Å². The van der Waals surface area contributed by atoms with Crippen molar-refractivity contribution >= 4 is 28.8 Å². The number of nitrogens with zero attached hydrogens (tertiary/aromatic N) is 3. The van der Waals surface area contributed by atoms with Crippen LogP contribution < -0.4 is 10.6 Å². The number of carbonyl (C=O) groups excluding carboxylic acids is 1. The molecule has 2 fully saturated rings. The summed E-state index contributed by atoms with van der Waals surface area (Å²) in [6.07, 6.45) is 4.05. The summed E-state index contributed by atoms with van der Waals surface area (Å²) >= 11 is 0. The van der Waals surface area contributed by atoms with Gasteiger partial charge in [0.1, 0.15) is 5.60 Å². The number of ether oxygens (including phenoxy) is 1. The number of carbonyl (C=O) groups is 1. The molecule has 150 valence electrons. The molecule has 28 heavy (non-hydrogen) atoms. The molecule has 0 bridgehead atoms. The van der Waals surface area contributed by atoms with Crippen molar-refractivity contribution in [3.05, 3.63) is 24.3 Å². The molecule has 0 spiro atoms. The predicted molar refractivity (Wildman–Crippen MR) is 111 cm³/mol. The molecule has 2 aliphatic rings. The minimum Gasteiger partial charge on any atom is -0.444 e. The SMILES string of the molecule is CC(C)(C)OC(=O)N1CCC[C@H]1CNc1nc2ccccc2nc1NC1CC1. The van der Waals surface area contributed by atoms with Crippen LogP contribution in [0.3, 0.4) is 0 Å². The molecule has 7 nitrogen and oxygen atoms in total. The number of benzene rings is 1. The number of hydrogen-bond donors (Lipinski definition) is 2. The van der Waals surface area contributed by atoms with E-state index in [0.717, 1.165) is 42.1 Å². The number of amides is 1. The molecule has 1 saturated heterocycles. The largest absolute Gasteiger partial charge is 0.444 e. The molecule has 1 aliphatic carbocycles. The van der Waals surface area contributed by atoms with Crippen molar-refractivity contribution in [3.8, 4) is 0 Å². The Morgan fingerprint density at radius 2 is 1.82 bits per heavy atom. The number of rotatable bonds is 5. The quantitative estimate of drug-likeness (QED) is 0.812. The molecule has 1 atom stereocenters. The van der Waals surface area contributed by atoms with Crippen molar-refractivity contribution in [2.45, 2.75) is 64.1 Å². The Bertz CT molecular complexity index is 859. The maximum Gasteiger partial charge on any atom is 0.410 e. The Labute approximate surface area is 165 Å². The van der Waals surface area contributed by atoms with E-state index in [-0.39, 0.29) is 12.1 Å². The van der Waals surface area contributed by atoms with E-state index in [1.807, 2.05) is 49.9 Å². The fraction of sp³-hybridized carbons (Fsp3) is 0.571. The molecule has 7 heteroatoms. The van der Waals surface area contributed by atoms with E-state index >= 15 is 0 Å². The van der Waals surface area contributed by atoms with Gasteiger partial charge in [0, 0.05) is 19.1 Å². The van der Waals surface area contributed by atoms with Crippen LogP contribution in [0.25, 0.3) is 11.0 Å². The summed E-state index contributed by atoms with van der Waals surface area (Å²) in [6.45, 7) is 7.06. The van der Waals surface area contributed by atoms with Crippen LogP contribution in [0.15, 0.2) is 24.3 Å². The molecule has 0 radical (unpaired) electrons. The van der Waals surface area contributed by atoms with Crippen LogP contribution in [0.2, 0.25) is 0 Å². The number of nitrogens with one attached hydrogen (secondary N) is 2. The summed E-state index contributed by atoms with van der Waals surface area (Å²) in [5.74, 6) is 1.55. The maximum absolute atomic E-state index is 12.5. The Balaban J connectivity index is 1.48. The Morgan fingerprint density at radius 3 is 2.46 bits per heavy atom. The summed E-state index contributed by atoms with van der Waals surface area (Å²) in [5, 5.41) is 6.92. The van der Waals surface area contributed by atoms with Crippen LogP contribution in [0.1, 0.15) is 46.5 Å². The topological polar surface area (TPSA) is 79.4 Å². The lowest BCUT2D eigenvalue weighted by Gasteiger charge is -2.29. The van der Waals surface area contributed by atoms with Gasteiger partial charge in [-0.15, -0.1) is 0 Å². The highest BCUT2D eigenvalue weighted by Crippen LogP contribution is 2.29. The molecule has 2 heterocycles. The first-order valence-corrected chi connectivity index (χ1v) is 10.2. The average molecular weight is 383 g/mol. The van der Waals surface area contributed by atoms with Gasteiger partial charge >= 0.3 is 6.09 Å². The van der Waals surface area contributed by atoms with Gasteiger partial charge in [-0.05, 0) is 58.6 Å². The zero-order chi connectivity index (χ0) is 19.7. The molecule has 2 aromatic rings. The van der Waals surface area contributed by atoms with E-state index in [4.69, 9.17) is 14.7 Å². The third kappa shape index (κ3) is 4.46. The van der Waals surface area contributed by atoms with Crippen molar-refractivity contribution in [3.63, 3.8) is 0 Å². The molecular formula is C21H29N5O2. The van der Waals surface area contributed by atoms with Gasteiger partial charge in [0.25, 0.3) is 0 Å². The second-order valence-corrected chi connectivity index (χ2v) is 8.68. The highest BCUT2D eigenvalue weighted by atomic mass is 16.6. The van der Waals surface area contributed by atoms with Gasteiger partial charge in [-0.3, -0.25) is 0 Å². The van der Waals surface area contributed by atoms with Crippen LogP contribution in [-0.4, -0.2) is 51.7 Å². The lowest BCUT2D eigenvalue weighted by Crippen LogP contribution is -2.42. The Hall–Kier alpha value is -2.57. The molecule has 0 unspecified atom stereocenters. The van der Waals surface area contributed by atoms with E-state index in [2.05, 4.69) is 10.6 Å². The van der Waals surface area contributed by atoms with Crippen molar-refractivity contribution in [2.75, 3.05) is 23.7 Å². The predicted octanol–water partition coefficient (Wildman–Crippen LogP) is 4.02. The van der Waals surface area contributed by atoms with Crippen molar-refractivity contribution in [1.29, 1.82) is 0 Å². The molecule has 4 rings (SSSR count). The van der Waals surface area contributed by atoms with E-state index < -0.39 is 5.60 Å². The van der Waals surface area contributed by atoms with Crippen molar-refractivity contribution in [1.82, 2.24) is 14.9 Å². The fourth-order valence-corrected chi connectivity index (χ4v) is 3.47. The van der Waals surface area contributed by atoms with Gasteiger partial charge in [-0.25, -0.2) is 14.8 Å². The summed E-state index contributed by atoms with van der Waals surface area (Å²) in [4.78, 5) is 23.9. The van der Waals surface area contributed by atoms with Crippen LogP contribution in [0.5, 0.6) is 0 Å². The third-order valence-corrected chi connectivity index (χ3v) is 5.00. The smallest absolute Gasteiger partial charge is 0.410 e. The standard InChI is InChI=1S/C21H29N5O2/c1-21(2,3)28-20(27)26-12-6-7-15(26)13-22-18-19(23-14-10-11-14)25-17-9-5-4-8-16(17)24-18/h4-5,8-9,14-15H,6-7,10-13H2,1-3H3,(H,22,24)(H,23,25)/t15-/m0/s1. The van der Waals surface area contributed by atoms with E-state index in [1.54, 1.807) is 0 Å². The molecule has 1 aromatic heterocycles. The normalized spacial score (nSPS) is 19.7. The summed E-state index contributed by atoms with van der Waals surface area (Å²) in [5.41, 5.74) is 1.26. The summed E-state index contributed by atoms with van der Waals surface area (Å²) in [6, 6.07) is 8.47. The first-order valence-electron chi connectivity index (χ1n) is 10.2. The number of likely N-dealkylation sites (tertiary alicyclic amines) is 1. The lowest BCUT2D eigenvalue weighted by atomic mass is 10.2. The Morgan fingerprint density at radius 1 is 1.14 bits per heavy atom. The second-order valence-electron chi connectivity index (χ2n) is 8.68. The molecule has 2 N–H and O–H groups in total. The van der Waals surface area contributed by atoms with Gasteiger partial charge in [-0.1, -0.05) is 12.1 Å². The van der Waals surface area contributed by atoms with Gasteiger partial charge in [0.15, 0.2) is 11.6 Å². The van der Waals surface area contributed by atoms with E-state index in [0.29, 0.717) is 12.6 Å². The maximum atomic E-state index is 12.5. The minimum atomic E-state index is -0.483. The number of fused-ring (bicyclic) bond motifs is 1. The van der Waals surface area contributed by atoms with Crippen LogP contribution in [-0.2, 0) is 4.74 Å². The van der Waals surface area contributed by atoms with Crippen molar-refractivity contribution in [2.24, 2.45) is 0 Å². The van der Waals surface area contributed by atoms with Crippen LogP contribution >= 0.6 is 0 Å². The highest BCUT2D eigenvalue weighted by molar-refractivity contribution is 5.80. The molecular weight excluding hydrogens is 354 g/mol. The van der Waals surface area contributed by atoms with Gasteiger partial charge < -0.3 is 20.3 Å². The second kappa shape index (κ2) is 7.45. The fourth-order valence-electron chi connectivity index (χ4n) is 3.47. The van der Waals surface area contributed by atoms with E-state index in [1.165, 1.54) is 12.8 Å². The lowest BCUT2D eigenvalue weighted by molar-refractivity contribution is 0.0235. The number of para-hydroxylation sites is 2. The monoisotopic (exact) mass is 383 g/mol. The zero-order valence-corrected chi connectivity index (χ0v) is 16.9. The number of hydrogen-bond acceptors (Lipinski definition) is 6. The average Bonchev–Trinajstić information content (AvgIpc) is 3.32. The van der Waals surface area contributed by atoms with Gasteiger partial charge in [-0.2, -0.15) is 0 Å². The van der Waals surface area contributed by atoms with Crippen LogP contribution in [0.4, 0.5) is 16.4 Å². The molecule has 1 aromatic carbocycles. The molecule has 1 amide bonds. The first-order chi connectivity index (χ1) is 13.4. The first kappa shape index (κ1) is 18.8. The number of anilines is 2. The minimum absolute atomic E-state index is 0.0943. The third-order valence-electron chi connectivity index (χ3n) is 5.00. The molecule has 1 saturated carbocycles. The Kier molecular flexibility index (Phi) is 5.00. The zero-order valence-electron chi connectivity index (χ0n) is 16.9. The number of aromatic nitrogens is 2.